The van der Waals surface area contributed by atoms with E-state index in [1.165, 1.54) is 37.7 Å². The molecule has 1 aliphatic rings. The summed E-state index contributed by atoms with van der Waals surface area (Å²) in [7, 11) is 0. The molecule has 0 amide bonds. The van der Waals surface area contributed by atoms with Crippen LogP contribution in [0.3, 0.4) is 0 Å². The highest BCUT2D eigenvalue weighted by atomic mass is 14.1. The van der Waals surface area contributed by atoms with Gasteiger partial charge < -0.3 is 0 Å². The molecule has 0 aromatic carbocycles. The lowest BCUT2D eigenvalue weighted by molar-refractivity contribution is 0.835. The Morgan fingerprint density at radius 2 is 2.07 bits per heavy atom. The highest BCUT2D eigenvalue weighted by Crippen LogP contribution is 2.22. The maximum atomic E-state index is 2.43. The van der Waals surface area contributed by atoms with E-state index in [2.05, 4.69) is 39.0 Å². The van der Waals surface area contributed by atoms with Crippen LogP contribution in [0.25, 0.3) is 0 Å². The average Bonchev–Trinajstić information content (AvgIpc) is 2.15. The fourth-order valence-electron chi connectivity index (χ4n) is 1.71. The molecule has 1 aliphatic carbocycles. The zero-order valence-electron chi connectivity index (χ0n) is 9.77. The van der Waals surface area contributed by atoms with Crippen molar-refractivity contribution in [1.29, 1.82) is 0 Å². The van der Waals surface area contributed by atoms with Crippen LogP contribution in [0.1, 0.15) is 52.9 Å². The molecule has 0 heteroatoms. The van der Waals surface area contributed by atoms with Crippen molar-refractivity contribution in [3.63, 3.8) is 0 Å². The first kappa shape index (κ1) is 11.3. The molecule has 0 saturated heterocycles. The molecule has 0 radical (unpaired) electrons. The lowest BCUT2D eigenvalue weighted by atomic mass is 9.95. The first-order valence-corrected chi connectivity index (χ1v) is 5.65. The standard InChI is InChI=1S/C14H22/c1-12(2)6-4-5-7-14-10-8-13(3)9-11-14/h6-8H,4-5,9-11H2,1-3H3. The highest BCUT2D eigenvalue weighted by molar-refractivity contribution is 5.17. The van der Waals surface area contributed by atoms with Gasteiger partial charge in [-0.2, -0.15) is 0 Å². The number of hydrogen-bond donors (Lipinski definition) is 0. The van der Waals surface area contributed by atoms with Crippen molar-refractivity contribution >= 4 is 0 Å². The number of allylic oxidation sites excluding steroid dienone is 6. The topological polar surface area (TPSA) is 0 Å². The second kappa shape index (κ2) is 5.85. The summed E-state index contributed by atoms with van der Waals surface area (Å²) < 4.78 is 0. The van der Waals surface area contributed by atoms with Crippen LogP contribution in [-0.4, -0.2) is 0 Å². The molecule has 14 heavy (non-hydrogen) atoms. The van der Waals surface area contributed by atoms with Gasteiger partial charge in [0.1, 0.15) is 0 Å². The van der Waals surface area contributed by atoms with Gasteiger partial charge in [0.25, 0.3) is 0 Å². The molecule has 0 heterocycles. The molecule has 0 spiro atoms. The molecule has 0 aliphatic heterocycles. The largest absolute Gasteiger partial charge is 0.0856 e. The average molecular weight is 190 g/mol. The molecule has 0 fully saturated rings. The molecular weight excluding hydrogens is 168 g/mol. The monoisotopic (exact) mass is 190 g/mol. The fourth-order valence-corrected chi connectivity index (χ4v) is 1.71. The SMILES string of the molecule is CC(C)=CCCC=C1CC=C(C)CC1. The van der Waals surface area contributed by atoms with Crippen molar-refractivity contribution in [2.24, 2.45) is 0 Å². The van der Waals surface area contributed by atoms with Crippen molar-refractivity contribution in [3.8, 4) is 0 Å². The first-order valence-electron chi connectivity index (χ1n) is 5.65. The molecule has 0 unspecified atom stereocenters. The molecule has 0 nitrogen and oxygen atoms in total. The van der Waals surface area contributed by atoms with Crippen LogP contribution in [0.15, 0.2) is 34.9 Å². The van der Waals surface area contributed by atoms with E-state index in [1.54, 1.807) is 11.1 Å². The van der Waals surface area contributed by atoms with Gasteiger partial charge in [0.05, 0.1) is 0 Å². The zero-order valence-corrected chi connectivity index (χ0v) is 9.77. The maximum absolute atomic E-state index is 2.43. The zero-order chi connectivity index (χ0) is 10.4. The second-order valence-electron chi connectivity index (χ2n) is 4.48. The predicted molar refractivity (Wildman–Crippen MR) is 64.4 cm³/mol. The van der Waals surface area contributed by atoms with Crippen LogP contribution >= 0.6 is 0 Å². The van der Waals surface area contributed by atoms with Crippen LogP contribution in [-0.2, 0) is 0 Å². The third-order valence-corrected chi connectivity index (χ3v) is 2.71. The summed E-state index contributed by atoms with van der Waals surface area (Å²) in [5.74, 6) is 0. The minimum Gasteiger partial charge on any atom is -0.0856 e. The minimum absolute atomic E-state index is 1.20. The quantitative estimate of drug-likeness (QED) is 0.443. The minimum atomic E-state index is 1.20. The summed E-state index contributed by atoms with van der Waals surface area (Å²) in [4.78, 5) is 0. The number of rotatable bonds is 3. The molecular formula is C14H22. The third kappa shape index (κ3) is 4.45. The van der Waals surface area contributed by atoms with Crippen LogP contribution in [0, 0.1) is 0 Å². The Balaban J connectivity index is 2.29. The Bertz CT molecular complexity index is 260. The second-order valence-corrected chi connectivity index (χ2v) is 4.48. The summed E-state index contributed by atoms with van der Waals surface area (Å²) in [6, 6.07) is 0. The van der Waals surface area contributed by atoms with Gasteiger partial charge in [-0.15, -0.1) is 0 Å². The fraction of sp³-hybridized carbons (Fsp3) is 0.571. The normalized spacial score (nSPS) is 19.4. The maximum Gasteiger partial charge on any atom is -0.0136 e. The van der Waals surface area contributed by atoms with Gasteiger partial charge in [-0.3, -0.25) is 0 Å². The molecule has 0 aromatic heterocycles. The van der Waals surface area contributed by atoms with Gasteiger partial charge >= 0.3 is 0 Å². The summed E-state index contributed by atoms with van der Waals surface area (Å²) in [6.45, 7) is 6.57. The van der Waals surface area contributed by atoms with E-state index in [-0.39, 0.29) is 0 Å². The molecule has 0 saturated carbocycles. The van der Waals surface area contributed by atoms with E-state index in [0.29, 0.717) is 0 Å². The molecule has 0 aromatic rings. The van der Waals surface area contributed by atoms with E-state index in [9.17, 15) is 0 Å². The Labute approximate surface area is 88.4 Å². The van der Waals surface area contributed by atoms with Crippen molar-refractivity contribution < 1.29 is 0 Å². The van der Waals surface area contributed by atoms with Gasteiger partial charge in [-0.25, -0.2) is 0 Å². The first-order chi connectivity index (χ1) is 6.68. The summed E-state index contributed by atoms with van der Waals surface area (Å²) in [5, 5.41) is 0. The van der Waals surface area contributed by atoms with E-state index in [4.69, 9.17) is 0 Å². The van der Waals surface area contributed by atoms with Crippen molar-refractivity contribution in [2.45, 2.75) is 52.9 Å². The number of hydrogen-bond acceptors (Lipinski definition) is 0. The van der Waals surface area contributed by atoms with Gasteiger partial charge in [0.15, 0.2) is 0 Å². The smallest absolute Gasteiger partial charge is 0.0136 e. The molecule has 78 valence electrons. The van der Waals surface area contributed by atoms with Crippen molar-refractivity contribution in [3.05, 3.63) is 34.9 Å². The van der Waals surface area contributed by atoms with Gasteiger partial charge in [0, 0.05) is 0 Å². The van der Waals surface area contributed by atoms with Crippen LogP contribution in [0.5, 0.6) is 0 Å². The molecule has 0 bridgehead atoms. The lowest BCUT2D eigenvalue weighted by Gasteiger charge is -2.12. The molecule has 0 atom stereocenters. The Hall–Kier alpha value is -0.780. The van der Waals surface area contributed by atoms with Gasteiger partial charge in [-0.05, 0) is 52.9 Å². The van der Waals surface area contributed by atoms with E-state index in [0.717, 1.165) is 0 Å². The van der Waals surface area contributed by atoms with Crippen molar-refractivity contribution in [1.82, 2.24) is 0 Å². The van der Waals surface area contributed by atoms with E-state index >= 15 is 0 Å². The van der Waals surface area contributed by atoms with Crippen LogP contribution in [0.4, 0.5) is 0 Å². The van der Waals surface area contributed by atoms with Gasteiger partial charge in [0.2, 0.25) is 0 Å². The lowest BCUT2D eigenvalue weighted by Crippen LogP contribution is -1.92. The molecule has 0 N–H and O–H groups in total. The van der Waals surface area contributed by atoms with E-state index < -0.39 is 0 Å². The van der Waals surface area contributed by atoms with Gasteiger partial charge in [-0.1, -0.05) is 34.9 Å². The third-order valence-electron chi connectivity index (χ3n) is 2.71. The predicted octanol–water partition coefficient (Wildman–Crippen LogP) is 4.79. The van der Waals surface area contributed by atoms with Crippen molar-refractivity contribution in [2.75, 3.05) is 0 Å². The number of unbranched alkanes of at least 4 members (excludes halogenated alkanes) is 1. The summed E-state index contributed by atoms with van der Waals surface area (Å²) >= 11 is 0. The van der Waals surface area contributed by atoms with E-state index in [1.807, 2.05) is 0 Å². The van der Waals surface area contributed by atoms with Crippen LogP contribution < -0.4 is 0 Å². The highest BCUT2D eigenvalue weighted by Gasteiger charge is 2.02. The van der Waals surface area contributed by atoms with Crippen LogP contribution in [0.2, 0.25) is 0 Å². The summed E-state index contributed by atoms with van der Waals surface area (Å²) in [5.41, 5.74) is 4.63. The molecule has 1 rings (SSSR count). The Morgan fingerprint density at radius 3 is 2.64 bits per heavy atom. The summed E-state index contributed by atoms with van der Waals surface area (Å²) in [6.07, 6.45) is 13.3. The Morgan fingerprint density at radius 1 is 1.29 bits per heavy atom. The Kier molecular flexibility index (Phi) is 4.72.